The van der Waals surface area contributed by atoms with Gasteiger partial charge >= 0.3 is 0 Å². The monoisotopic (exact) mass is 671 g/mol. The number of alkyl halides is 1. The van der Waals surface area contributed by atoms with E-state index in [2.05, 4.69) is 79.9 Å². The normalized spacial score (nSPS) is 16.8. The lowest BCUT2D eigenvalue weighted by atomic mass is 10.0. The van der Waals surface area contributed by atoms with Gasteiger partial charge in [0.15, 0.2) is 0 Å². The van der Waals surface area contributed by atoms with Crippen LogP contribution in [-0.4, -0.2) is 62.2 Å². The van der Waals surface area contributed by atoms with Crippen molar-refractivity contribution in [2.75, 3.05) is 62.2 Å². The molecule has 0 saturated carbocycles. The van der Waals surface area contributed by atoms with Gasteiger partial charge in [-0.25, -0.2) is 8.78 Å². The third-order valence-corrected chi connectivity index (χ3v) is 9.81. The number of azide groups is 1. The van der Waals surface area contributed by atoms with Crippen molar-refractivity contribution in [1.29, 1.82) is 0 Å². The molecule has 4 aromatic carbocycles. The average molecular weight is 672 g/mol. The maximum atomic E-state index is 13.1. The molecule has 0 N–H and O–H groups in total. The Morgan fingerprint density at radius 1 is 0.604 bits per heavy atom. The van der Waals surface area contributed by atoms with Gasteiger partial charge in [0.1, 0.15) is 11.6 Å². The zero-order valence-electron chi connectivity index (χ0n) is 27.7. The molecule has 252 valence electrons. The number of benzene rings is 4. The maximum Gasteiger partial charge on any atom is 0.123 e. The van der Waals surface area contributed by atoms with Crippen molar-refractivity contribution < 1.29 is 8.78 Å². The molecule has 0 bridgehead atoms. The van der Waals surface area contributed by atoms with E-state index in [1.807, 2.05) is 36.4 Å². The highest BCUT2D eigenvalue weighted by atomic mass is 35.5. The summed E-state index contributed by atoms with van der Waals surface area (Å²) in [5, 5.41) is 3.59. The van der Waals surface area contributed by atoms with Gasteiger partial charge in [-0.3, -0.25) is 9.80 Å². The summed E-state index contributed by atoms with van der Waals surface area (Å²) < 4.78 is 26.1. The van der Waals surface area contributed by atoms with E-state index in [1.165, 1.54) is 35.4 Å². The quantitative estimate of drug-likeness (QED) is 0.0771. The van der Waals surface area contributed by atoms with Crippen molar-refractivity contribution in [2.24, 2.45) is 5.11 Å². The second kappa shape index (κ2) is 17.3. The minimum Gasteiger partial charge on any atom is -0.369 e. The summed E-state index contributed by atoms with van der Waals surface area (Å²) in [6, 6.07) is 31.1. The van der Waals surface area contributed by atoms with Crippen molar-refractivity contribution in [3.05, 3.63) is 141 Å². The molecular weight excluding hydrogens is 628 g/mol. The molecule has 0 aliphatic carbocycles. The van der Waals surface area contributed by atoms with Gasteiger partial charge in [0.25, 0.3) is 0 Å². The van der Waals surface area contributed by atoms with Crippen LogP contribution < -0.4 is 9.80 Å². The predicted octanol–water partition coefficient (Wildman–Crippen LogP) is 8.97. The molecule has 2 heterocycles. The molecule has 2 aliphatic heterocycles. The van der Waals surface area contributed by atoms with Gasteiger partial charge in [0.2, 0.25) is 0 Å². The number of hydrogen-bond acceptors (Lipinski definition) is 5. The van der Waals surface area contributed by atoms with Crippen LogP contribution in [0.25, 0.3) is 10.4 Å². The fourth-order valence-electron chi connectivity index (χ4n) is 6.36. The summed E-state index contributed by atoms with van der Waals surface area (Å²) in [5.74, 6) is 0.187. The highest BCUT2D eigenvalue weighted by molar-refractivity contribution is 6.17. The molecule has 6 rings (SSSR count). The molecule has 0 unspecified atom stereocenters. The van der Waals surface area contributed by atoms with E-state index in [0.29, 0.717) is 24.5 Å². The van der Waals surface area contributed by atoms with E-state index >= 15 is 0 Å². The van der Waals surface area contributed by atoms with Crippen molar-refractivity contribution in [1.82, 2.24) is 9.80 Å². The Balaban J connectivity index is 0.000000188. The van der Waals surface area contributed by atoms with Crippen LogP contribution in [0.3, 0.4) is 0 Å². The second-order valence-electron chi connectivity index (χ2n) is 12.4. The lowest BCUT2D eigenvalue weighted by Crippen LogP contribution is -2.47. The predicted molar refractivity (Wildman–Crippen MR) is 192 cm³/mol. The Labute approximate surface area is 288 Å². The zero-order chi connectivity index (χ0) is 33.9. The lowest BCUT2D eigenvalue weighted by Gasteiger charge is -2.39. The van der Waals surface area contributed by atoms with Gasteiger partial charge in [-0.15, -0.1) is 11.6 Å². The summed E-state index contributed by atoms with van der Waals surface area (Å²) in [6.07, 6.45) is 0. The zero-order valence-corrected chi connectivity index (χ0v) is 28.5. The molecule has 0 spiro atoms. The number of halogens is 3. The number of rotatable bonds is 9. The van der Waals surface area contributed by atoms with Crippen molar-refractivity contribution >= 4 is 23.0 Å². The highest BCUT2D eigenvalue weighted by Crippen LogP contribution is 2.26. The summed E-state index contributed by atoms with van der Waals surface area (Å²) in [6.45, 7) is 12.6. The molecule has 0 radical (unpaired) electrons. The van der Waals surface area contributed by atoms with Gasteiger partial charge in [-0.05, 0) is 90.2 Å². The molecule has 48 heavy (non-hydrogen) atoms. The van der Waals surface area contributed by atoms with E-state index < -0.39 is 0 Å². The van der Waals surface area contributed by atoms with Gasteiger partial charge < -0.3 is 9.80 Å². The van der Waals surface area contributed by atoms with E-state index in [1.54, 1.807) is 0 Å². The van der Waals surface area contributed by atoms with Gasteiger partial charge in [-0.2, -0.15) is 0 Å². The maximum absolute atomic E-state index is 13.1. The summed E-state index contributed by atoms with van der Waals surface area (Å²) in [4.78, 5) is 12.4. The molecule has 0 amide bonds. The van der Waals surface area contributed by atoms with E-state index in [-0.39, 0.29) is 11.6 Å². The molecule has 2 saturated heterocycles. The summed E-state index contributed by atoms with van der Waals surface area (Å²) in [7, 11) is 0. The van der Waals surface area contributed by atoms with Crippen molar-refractivity contribution in [3.8, 4) is 0 Å². The van der Waals surface area contributed by atoms with Crippen LogP contribution in [0.2, 0.25) is 0 Å². The lowest BCUT2D eigenvalue weighted by molar-refractivity contribution is 0.198. The average Bonchev–Trinajstić information content (AvgIpc) is 3.15. The minimum atomic E-state index is -0.195. The first kappa shape index (κ1) is 35.2. The highest BCUT2D eigenvalue weighted by Gasteiger charge is 2.23. The molecule has 10 heteroatoms. The Bertz CT molecular complexity index is 1600. The molecule has 2 aliphatic rings. The Hall–Kier alpha value is -4.14. The van der Waals surface area contributed by atoms with Crippen LogP contribution in [-0.2, 0) is 12.4 Å². The molecule has 0 aromatic heterocycles. The Morgan fingerprint density at radius 2 is 0.979 bits per heavy atom. The third kappa shape index (κ3) is 9.48. The standard InChI is InChI=1S/C19H22ClFN2.C19H22FN5/c1-15(17-4-2-16(14-20)3-5-17)22-10-12-23(13-11-22)19-8-6-18(21)7-9-19;1-15(17-4-2-16(3-5-17)14-22-23-21)24-10-12-25(13-11-24)19-8-6-18(20)7-9-19/h2-9,15H,10-14H2,1H3;2-9,15H,10-14H2,1H3/t2*15-/m00/s1. The first-order valence-corrected chi connectivity index (χ1v) is 17.1. The largest absolute Gasteiger partial charge is 0.369 e. The first-order chi connectivity index (χ1) is 23.3. The SMILES string of the molecule is C[C@@H](c1ccc(CCl)cc1)N1CCN(c2ccc(F)cc2)CC1.C[C@@H](c1ccc(CN=[N+]=[N-])cc1)N1CCN(c2ccc(F)cc2)CC1. The molecule has 2 atom stereocenters. The number of hydrogen-bond donors (Lipinski definition) is 0. The van der Waals surface area contributed by atoms with Gasteiger partial charge in [0.05, 0.1) is 6.54 Å². The number of anilines is 2. The van der Waals surface area contributed by atoms with Crippen LogP contribution in [0.15, 0.2) is 102 Å². The summed E-state index contributed by atoms with van der Waals surface area (Å²) >= 11 is 5.85. The topological polar surface area (TPSA) is 61.7 Å². The van der Waals surface area contributed by atoms with Crippen LogP contribution in [0.4, 0.5) is 20.2 Å². The van der Waals surface area contributed by atoms with Crippen LogP contribution >= 0.6 is 11.6 Å². The molecule has 2 fully saturated rings. The van der Waals surface area contributed by atoms with E-state index in [9.17, 15) is 8.78 Å². The molecule has 7 nitrogen and oxygen atoms in total. The summed E-state index contributed by atoms with van der Waals surface area (Å²) in [5.41, 5.74) is 15.3. The number of piperazine rings is 2. The van der Waals surface area contributed by atoms with Crippen LogP contribution in [0.5, 0.6) is 0 Å². The Morgan fingerprint density at radius 3 is 1.33 bits per heavy atom. The molecular formula is C38H44ClF2N7. The smallest absolute Gasteiger partial charge is 0.123 e. The van der Waals surface area contributed by atoms with E-state index in [0.717, 1.165) is 74.9 Å². The van der Waals surface area contributed by atoms with Crippen molar-refractivity contribution in [3.63, 3.8) is 0 Å². The van der Waals surface area contributed by atoms with Crippen LogP contribution in [0, 0.1) is 11.6 Å². The third-order valence-electron chi connectivity index (χ3n) is 9.50. The molecule has 4 aromatic rings. The minimum absolute atomic E-state index is 0.179. The van der Waals surface area contributed by atoms with Crippen LogP contribution in [0.1, 0.15) is 48.2 Å². The van der Waals surface area contributed by atoms with Gasteiger partial charge in [-0.1, -0.05) is 53.6 Å². The first-order valence-electron chi connectivity index (χ1n) is 16.6. The Kier molecular flexibility index (Phi) is 12.7. The second-order valence-corrected chi connectivity index (χ2v) is 12.6. The van der Waals surface area contributed by atoms with Gasteiger partial charge in [0, 0.05) is 86.6 Å². The van der Waals surface area contributed by atoms with Crippen molar-refractivity contribution in [2.45, 2.75) is 38.4 Å². The fraction of sp³-hybridized carbons (Fsp3) is 0.368. The van der Waals surface area contributed by atoms with E-state index in [4.69, 9.17) is 17.1 Å². The number of nitrogens with zero attached hydrogens (tertiary/aromatic N) is 7. The fourth-order valence-corrected chi connectivity index (χ4v) is 6.54.